The lowest BCUT2D eigenvalue weighted by atomic mass is 10.2. The third-order valence-electron chi connectivity index (χ3n) is 3.87. The summed E-state index contributed by atoms with van der Waals surface area (Å²) in [4.78, 5) is 4.58. The maximum Gasteiger partial charge on any atom is 0.242 e. The Bertz CT molecular complexity index is 1000. The van der Waals surface area contributed by atoms with Gasteiger partial charge in [0.05, 0.1) is 18.3 Å². The number of sulfonamides is 1. The molecule has 1 unspecified atom stereocenters. The van der Waals surface area contributed by atoms with E-state index in [0.717, 1.165) is 22.8 Å². The van der Waals surface area contributed by atoms with Crippen LogP contribution in [0.5, 0.6) is 0 Å². The molecule has 0 saturated heterocycles. The van der Waals surface area contributed by atoms with Gasteiger partial charge in [0, 0.05) is 30.0 Å². The van der Waals surface area contributed by atoms with Gasteiger partial charge in [-0.2, -0.15) is 5.10 Å². The number of halogens is 1. The summed E-state index contributed by atoms with van der Waals surface area (Å²) >= 11 is 1.29. The fourth-order valence-corrected chi connectivity index (χ4v) is 4.23. The van der Waals surface area contributed by atoms with Gasteiger partial charge in [0.1, 0.15) is 4.90 Å². The number of aryl methyl sites for hydroxylation is 1. The molecule has 0 bridgehead atoms. The average Bonchev–Trinajstić information content (AvgIpc) is 3.31. The van der Waals surface area contributed by atoms with Crippen LogP contribution in [0.1, 0.15) is 30.5 Å². The molecule has 0 amide bonds. The number of pyridine rings is 1. The SMILES string of the molecule is CCn1nccc1C(C)NS(=O)(=O)c1cnc(NCc2ccns2)c(F)c1. The van der Waals surface area contributed by atoms with Crippen LogP contribution in [0.3, 0.4) is 0 Å². The minimum absolute atomic E-state index is 0.0144. The number of anilines is 1. The summed E-state index contributed by atoms with van der Waals surface area (Å²) in [5.41, 5.74) is 0.720. The monoisotopic (exact) mass is 410 g/mol. The molecule has 0 aliphatic carbocycles. The van der Waals surface area contributed by atoms with E-state index >= 15 is 0 Å². The Balaban J connectivity index is 1.73. The summed E-state index contributed by atoms with van der Waals surface area (Å²) in [5.74, 6) is -0.756. The van der Waals surface area contributed by atoms with E-state index in [1.165, 1.54) is 11.5 Å². The molecule has 2 N–H and O–H groups in total. The van der Waals surface area contributed by atoms with Crippen molar-refractivity contribution in [1.29, 1.82) is 0 Å². The minimum Gasteiger partial charge on any atom is -0.363 e. The lowest BCUT2D eigenvalue weighted by Gasteiger charge is -2.16. The van der Waals surface area contributed by atoms with Gasteiger partial charge in [-0.25, -0.2) is 26.9 Å². The standard InChI is InChI=1S/C16H19FN6O2S2/c1-3-23-15(5-6-20-23)11(2)22-27(24,25)13-8-14(17)16(19-10-13)18-9-12-4-7-21-26-12/h4-8,10-11,22H,3,9H2,1-2H3,(H,18,19). The number of nitrogens with zero attached hydrogens (tertiary/aromatic N) is 4. The molecule has 27 heavy (non-hydrogen) atoms. The third-order valence-corrected chi connectivity index (χ3v) is 6.12. The molecular weight excluding hydrogens is 391 g/mol. The first-order chi connectivity index (χ1) is 12.9. The molecule has 3 rings (SSSR count). The predicted octanol–water partition coefficient (Wildman–Crippen LogP) is 2.55. The Labute approximate surface area is 160 Å². The second kappa shape index (κ2) is 8.11. The van der Waals surface area contributed by atoms with Crippen molar-refractivity contribution in [3.8, 4) is 0 Å². The van der Waals surface area contributed by atoms with E-state index in [2.05, 4.69) is 24.5 Å². The molecule has 11 heteroatoms. The van der Waals surface area contributed by atoms with Gasteiger partial charge in [-0.15, -0.1) is 0 Å². The topological polar surface area (TPSA) is 102 Å². The molecule has 0 aromatic carbocycles. The third kappa shape index (κ3) is 4.49. The van der Waals surface area contributed by atoms with E-state index < -0.39 is 21.9 Å². The van der Waals surface area contributed by atoms with Gasteiger partial charge in [-0.3, -0.25) is 4.68 Å². The van der Waals surface area contributed by atoms with Gasteiger partial charge in [0.2, 0.25) is 10.0 Å². The highest BCUT2D eigenvalue weighted by Crippen LogP contribution is 2.20. The van der Waals surface area contributed by atoms with Crippen LogP contribution in [0.25, 0.3) is 0 Å². The Morgan fingerprint density at radius 2 is 2.15 bits per heavy atom. The maximum absolute atomic E-state index is 14.3. The molecule has 0 aliphatic heterocycles. The van der Waals surface area contributed by atoms with Crippen LogP contribution in [-0.2, 0) is 23.1 Å². The predicted molar refractivity (Wildman–Crippen MR) is 100 cm³/mol. The van der Waals surface area contributed by atoms with Gasteiger partial charge >= 0.3 is 0 Å². The Morgan fingerprint density at radius 3 is 2.81 bits per heavy atom. The minimum atomic E-state index is -3.94. The molecule has 3 heterocycles. The zero-order valence-electron chi connectivity index (χ0n) is 14.8. The molecular formula is C16H19FN6O2S2. The Morgan fingerprint density at radius 1 is 1.33 bits per heavy atom. The first-order valence-electron chi connectivity index (χ1n) is 8.23. The van der Waals surface area contributed by atoms with Gasteiger partial charge in [0.25, 0.3) is 0 Å². The Kier molecular flexibility index (Phi) is 5.82. The van der Waals surface area contributed by atoms with Crippen molar-refractivity contribution >= 4 is 27.4 Å². The first kappa shape index (κ1) is 19.4. The summed E-state index contributed by atoms with van der Waals surface area (Å²) in [5, 5.41) is 6.95. The molecule has 8 nitrogen and oxygen atoms in total. The van der Waals surface area contributed by atoms with Crippen molar-refractivity contribution in [3.63, 3.8) is 0 Å². The highest BCUT2D eigenvalue weighted by atomic mass is 32.2. The van der Waals surface area contributed by atoms with Crippen molar-refractivity contribution in [2.24, 2.45) is 0 Å². The van der Waals surface area contributed by atoms with E-state index in [9.17, 15) is 12.8 Å². The fraction of sp³-hybridized carbons (Fsp3) is 0.312. The van der Waals surface area contributed by atoms with E-state index in [1.54, 1.807) is 36.1 Å². The molecule has 0 saturated carbocycles. The molecule has 0 radical (unpaired) electrons. The fourth-order valence-electron chi connectivity index (χ4n) is 2.54. The zero-order chi connectivity index (χ0) is 19.4. The summed E-state index contributed by atoms with van der Waals surface area (Å²) < 4.78 is 47.6. The molecule has 1 atom stereocenters. The highest BCUT2D eigenvalue weighted by Gasteiger charge is 2.22. The summed E-state index contributed by atoms with van der Waals surface area (Å²) in [6.07, 6.45) is 4.39. The van der Waals surface area contributed by atoms with Crippen LogP contribution in [0.4, 0.5) is 10.2 Å². The smallest absolute Gasteiger partial charge is 0.242 e. The van der Waals surface area contributed by atoms with Crippen molar-refractivity contribution in [3.05, 3.63) is 53.2 Å². The second-order valence-electron chi connectivity index (χ2n) is 5.75. The number of hydrogen-bond acceptors (Lipinski definition) is 7. The summed E-state index contributed by atoms with van der Waals surface area (Å²) in [6.45, 7) is 4.59. The van der Waals surface area contributed by atoms with Gasteiger partial charge < -0.3 is 5.32 Å². The molecule has 0 fully saturated rings. The maximum atomic E-state index is 14.3. The summed E-state index contributed by atoms with van der Waals surface area (Å²) in [6, 6.07) is 3.97. The van der Waals surface area contributed by atoms with E-state index in [4.69, 9.17) is 0 Å². The van der Waals surface area contributed by atoms with Crippen LogP contribution in [0.2, 0.25) is 0 Å². The van der Waals surface area contributed by atoms with Crippen LogP contribution >= 0.6 is 11.5 Å². The molecule has 3 aromatic heterocycles. The largest absolute Gasteiger partial charge is 0.363 e. The molecule has 0 spiro atoms. The first-order valence-corrected chi connectivity index (χ1v) is 10.5. The van der Waals surface area contributed by atoms with E-state index in [0.29, 0.717) is 13.1 Å². The van der Waals surface area contributed by atoms with Crippen molar-refractivity contribution in [2.45, 2.75) is 37.9 Å². The summed E-state index contributed by atoms with van der Waals surface area (Å²) in [7, 11) is -3.94. The molecule has 144 valence electrons. The van der Waals surface area contributed by atoms with Crippen LogP contribution in [0, 0.1) is 5.82 Å². The molecule has 0 aliphatic rings. The lowest BCUT2D eigenvalue weighted by Crippen LogP contribution is -2.28. The van der Waals surface area contributed by atoms with Crippen molar-refractivity contribution in [2.75, 3.05) is 5.32 Å². The van der Waals surface area contributed by atoms with Gasteiger partial charge in [-0.1, -0.05) is 0 Å². The molecule has 3 aromatic rings. The van der Waals surface area contributed by atoms with Crippen LogP contribution in [-0.4, -0.2) is 27.6 Å². The quantitative estimate of drug-likeness (QED) is 0.592. The second-order valence-corrected chi connectivity index (χ2v) is 8.38. The lowest BCUT2D eigenvalue weighted by molar-refractivity contribution is 0.537. The van der Waals surface area contributed by atoms with Gasteiger partial charge in [-0.05, 0) is 43.6 Å². The van der Waals surface area contributed by atoms with E-state index in [1.807, 2.05) is 6.92 Å². The van der Waals surface area contributed by atoms with Crippen molar-refractivity contribution < 1.29 is 12.8 Å². The normalized spacial score (nSPS) is 12.9. The average molecular weight is 411 g/mol. The van der Waals surface area contributed by atoms with Crippen molar-refractivity contribution in [1.82, 2.24) is 23.9 Å². The van der Waals surface area contributed by atoms with Crippen LogP contribution < -0.4 is 10.0 Å². The highest BCUT2D eigenvalue weighted by molar-refractivity contribution is 7.89. The number of hydrogen-bond donors (Lipinski definition) is 2. The number of aromatic nitrogens is 4. The van der Waals surface area contributed by atoms with E-state index in [-0.39, 0.29) is 10.7 Å². The zero-order valence-corrected chi connectivity index (χ0v) is 16.4. The van der Waals surface area contributed by atoms with Crippen LogP contribution in [0.15, 0.2) is 41.7 Å². The van der Waals surface area contributed by atoms with Gasteiger partial charge in [0.15, 0.2) is 11.6 Å². The Hall–Kier alpha value is -2.37. The number of nitrogens with one attached hydrogen (secondary N) is 2. The number of rotatable bonds is 8.